The number of imidazole rings is 1. The zero-order valence-electron chi connectivity index (χ0n) is 13.5. The van der Waals surface area contributed by atoms with Crippen molar-refractivity contribution in [3.8, 4) is 0 Å². The summed E-state index contributed by atoms with van der Waals surface area (Å²) in [5, 5.41) is 3.27. The number of benzene rings is 1. The van der Waals surface area contributed by atoms with Crippen LogP contribution >= 0.6 is 12.4 Å². The lowest BCUT2D eigenvalue weighted by Gasteiger charge is -2.34. The van der Waals surface area contributed by atoms with Crippen molar-refractivity contribution >= 4 is 29.3 Å². The summed E-state index contributed by atoms with van der Waals surface area (Å²) in [6.07, 6.45) is 0. The van der Waals surface area contributed by atoms with E-state index in [-0.39, 0.29) is 36.6 Å². The highest BCUT2D eigenvalue weighted by atomic mass is 35.5. The number of piperazine rings is 1. The number of fused-ring (bicyclic) bond motifs is 1. The van der Waals surface area contributed by atoms with E-state index >= 15 is 0 Å². The predicted octanol–water partition coefficient (Wildman–Crippen LogP) is 1.07. The summed E-state index contributed by atoms with van der Waals surface area (Å²) in [5.41, 5.74) is 1.60. The molecule has 1 fully saturated rings. The average molecular weight is 339 g/mol. The Kier molecular flexibility index (Phi) is 5.49. The lowest BCUT2D eigenvalue weighted by molar-refractivity contribution is -0.134. The molecule has 0 spiro atoms. The van der Waals surface area contributed by atoms with Crippen molar-refractivity contribution < 1.29 is 4.79 Å². The third kappa shape index (κ3) is 3.14. The van der Waals surface area contributed by atoms with E-state index in [1.165, 1.54) is 0 Å². The quantitative estimate of drug-likeness (QED) is 0.910. The fourth-order valence-electron chi connectivity index (χ4n) is 3.17. The Balaban J connectivity index is 0.00000192. The molecule has 1 atom stereocenters. The van der Waals surface area contributed by atoms with Gasteiger partial charge in [-0.05, 0) is 26.0 Å². The minimum Gasteiger partial charge on any atom is -0.336 e. The van der Waals surface area contributed by atoms with Crippen LogP contribution in [0.3, 0.4) is 0 Å². The van der Waals surface area contributed by atoms with Gasteiger partial charge in [-0.1, -0.05) is 12.1 Å². The number of aryl methyl sites for hydroxylation is 1. The molecule has 1 saturated heterocycles. The fraction of sp³-hybridized carbons (Fsp3) is 0.500. The third-order valence-corrected chi connectivity index (χ3v) is 4.36. The van der Waals surface area contributed by atoms with E-state index in [9.17, 15) is 9.59 Å². The lowest BCUT2D eigenvalue weighted by Crippen LogP contribution is -2.53. The molecule has 1 amide bonds. The van der Waals surface area contributed by atoms with E-state index in [4.69, 9.17) is 0 Å². The Hall–Kier alpha value is -1.79. The molecule has 7 heteroatoms. The van der Waals surface area contributed by atoms with Gasteiger partial charge in [0.1, 0.15) is 6.54 Å². The lowest BCUT2D eigenvalue weighted by atomic mass is 10.2. The Morgan fingerprint density at radius 2 is 1.91 bits per heavy atom. The second kappa shape index (κ2) is 7.19. The van der Waals surface area contributed by atoms with Crippen LogP contribution in [0, 0.1) is 0 Å². The number of hydrogen-bond donors (Lipinski definition) is 1. The number of amides is 1. The van der Waals surface area contributed by atoms with Crippen molar-refractivity contribution in [2.24, 2.45) is 0 Å². The van der Waals surface area contributed by atoms with Gasteiger partial charge in [0.05, 0.1) is 11.0 Å². The second-order valence-corrected chi connectivity index (χ2v) is 5.74. The number of aromatic nitrogens is 2. The smallest absolute Gasteiger partial charge is 0.329 e. The molecule has 1 N–H and O–H groups in total. The van der Waals surface area contributed by atoms with Crippen LogP contribution < -0.4 is 11.0 Å². The standard InChI is InChI=1S/C16H22N4O2.ClH/c1-3-18-13-6-4-5-7-14(13)20(16(18)22)11-15(21)19-9-8-17-10-12(19)2;/h4-7,12,17H,3,8-11H2,1-2H3;1H/t12-;/m1./s1. The largest absolute Gasteiger partial charge is 0.336 e. The number of nitrogens with one attached hydrogen (secondary N) is 1. The summed E-state index contributed by atoms with van der Waals surface area (Å²) in [7, 11) is 0. The molecule has 2 heterocycles. The first-order valence-corrected chi connectivity index (χ1v) is 7.81. The molecule has 1 aliphatic rings. The van der Waals surface area contributed by atoms with Crippen LogP contribution in [0.5, 0.6) is 0 Å². The molecule has 6 nitrogen and oxygen atoms in total. The fourth-order valence-corrected chi connectivity index (χ4v) is 3.17. The van der Waals surface area contributed by atoms with E-state index in [0.717, 1.165) is 24.1 Å². The molecule has 1 aromatic carbocycles. The van der Waals surface area contributed by atoms with Gasteiger partial charge < -0.3 is 10.2 Å². The third-order valence-electron chi connectivity index (χ3n) is 4.36. The maximum Gasteiger partial charge on any atom is 0.329 e. The molecule has 0 unspecified atom stereocenters. The molecule has 0 radical (unpaired) electrons. The summed E-state index contributed by atoms with van der Waals surface area (Å²) in [5.74, 6) is 0.00936. The monoisotopic (exact) mass is 338 g/mol. The molecule has 1 aromatic heterocycles. The van der Waals surface area contributed by atoms with Gasteiger partial charge >= 0.3 is 5.69 Å². The van der Waals surface area contributed by atoms with Crippen LogP contribution in [-0.4, -0.2) is 45.6 Å². The maximum absolute atomic E-state index is 12.6. The van der Waals surface area contributed by atoms with Crippen LogP contribution in [-0.2, 0) is 17.9 Å². The zero-order chi connectivity index (χ0) is 15.7. The van der Waals surface area contributed by atoms with Gasteiger partial charge in [-0.2, -0.15) is 0 Å². The van der Waals surface area contributed by atoms with Crippen molar-refractivity contribution in [3.05, 3.63) is 34.7 Å². The second-order valence-electron chi connectivity index (χ2n) is 5.74. The van der Waals surface area contributed by atoms with Gasteiger partial charge in [0.2, 0.25) is 5.91 Å². The molecule has 0 saturated carbocycles. The molecule has 0 aliphatic carbocycles. The van der Waals surface area contributed by atoms with Crippen LogP contribution in [0.15, 0.2) is 29.1 Å². The number of carbonyl (C=O) groups excluding carboxylic acids is 1. The van der Waals surface area contributed by atoms with Crippen LogP contribution in [0.1, 0.15) is 13.8 Å². The number of halogens is 1. The summed E-state index contributed by atoms with van der Waals surface area (Å²) in [6.45, 7) is 6.99. The van der Waals surface area contributed by atoms with Crippen LogP contribution in [0.4, 0.5) is 0 Å². The van der Waals surface area contributed by atoms with Crippen molar-refractivity contribution in [1.29, 1.82) is 0 Å². The topological polar surface area (TPSA) is 59.3 Å². The summed E-state index contributed by atoms with van der Waals surface area (Å²) in [4.78, 5) is 27.0. The van der Waals surface area contributed by atoms with Crippen LogP contribution in [0.2, 0.25) is 0 Å². The van der Waals surface area contributed by atoms with Crippen molar-refractivity contribution in [2.75, 3.05) is 19.6 Å². The average Bonchev–Trinajstić information content (AvgIpc) is 2.79. The Morgan fingerprint density at radius 1 is 1.26 bits per heavy atom. The SMILES string of the molecule is CCn1c(=O)n(CC(=O)N2CCNC[C@H]2C)c2ccccc21.Cl. The highest BCUT2D eigenvalue weighted by Gasteiger charge is 2.24. The Bertz CT molecular complexity index is 752. The summed E-state index contributed by atoms with van der Waals surface area (Å²) >= 11 is 0. The highest BCUT2D eigenvalue weighted by Crippen LogP contribution is 2.13. The number of rotatable bonds is 3. The van der Waals surface area contributed by atoms with E-state index in [2.05, 4.69) is 5.32 Å². The first kappa shape index (κ1) is 17.6. The number of para-hydroxylation sites is 2. The molecular formula is C16H23ClN4O2. The van der Waals surface area contributed by atoms with E-state index < -0.39 is 0 Å². The Morgan fingerprint density at radius 3 is 2.52 bits per heavy atom. The first-order valence-electron chi connectivity index (χ1n) is 7.81. The summed E-state index contributed by atoms with van der Waals surface area (Å²) in [6, 6.07) is 7.80. The van der Waals surface area contributed by atoms with Gasteiger partial charge in [0.15, 0.2) is 0 Å². The predicted molar refractivity (Wildman–Crippen MR) is 93.2 cm³/mol. The van der Waals surface area contributed by atoms with Gasteiger partial charge in [-0.3, -0.25) is 13.9 Å². The van der Waals surface area contributed by atoms with Crippen molar-refractivity contribution in [2.45, 2.75) is 33.0 Å². The van der Waals surface area contributed by atoms with E-state index in [1.54, 1.807) is 9.13 Å². The zero-order valence-corrected chi connectivity index (χ0v) is 14.3. The number of carbonyl (C=O) groups is 1. The molecule has 0 bridgehead atoms. The number of hydrogen-bond acceptors (Lipinski definition) is 3. The molecule has 23 heavy (non-hydrogen) atoms. The van der Waals surface area contributed by atoms with Crippen LogP contribution in [0.25, 0.3) is 11.0 Å². The van der Waals surface area contributed by atoms with Gasteiger partial charge in [0.25, 0.3) is 0 Å². The van der Waals surface area contributed by atoms with E-state index in [1.807, 2.05) is 43.0 Å². The number of nitrogens with zero attached hydrogens (tertiary/aromatic N) is 3. The van der Waals surface area contributed by atoms with Crippen molar-refractivity contribution in [1.82, 2.24) is 19.4 Å². The molecule has 126 valence electrons. The maximum atomic E-state index is 12.6. The van der Waals surface area contributed by atoms with Gasteiger partial charge in [-0.25, -0.2) is 4.79 Å². The highest BCUT2D eigenvalue weighted by molar-refractivity contribution is 5.85. The molecule has 2 aromatic rings. The van der Waals surface area contributed by atoms with Crippen molar-refractivity contribution in [3.63, 3.8) is 0 Å². The molecule has 3 rings (SSSR count). The normalized spacial score (nSPS) is 18.0. The first-order chi connectivity index (χ1) is 10.6. The Labute approximate surface area is 141 Å². The van der Waals surface area contributed by atoms with Gasteiger partial charge in [-0.15, -0.1) is 12.4 Å². The minimum absolute atomic E-state index is 0. The minimum atomic E-state index is -0.111. The summed E-state index contributed by atoms with van der Waals surface area (Å²) < 4.78 is 3.31. The molecule has 1 aliphatic heterocycles. The van der Waals surface area contributed by atoms with E-state index in [0.29, 0.717) is 13.1 Å². The molecular weight excluding hydrogens is 316 g/mol. The van der Waals surface area contributed by atoms with Gasteiger partial charge in [0, 0.05) is 32.2 Å².